The summed E-state index contributed by atoms with van der Waals surface area (Å²) in [5.74, 6) is -0.855. The van der Waals surface area contributed by atoms with Crippen molar-refractivity contribution in [2.45, 2.75) is 6.92 Å². The number of benzene rings is 4. The maximum atomic E-state index is 13.0. The summed E-state index contributed by atoms with van der Waals surface area (Å²) >= 11 is 3.40. The molecule has 0 fully saturated rings. The molecule has 0 spiro atoms. The number of rotatable bonds is 5. The highest BCUT2D eigenvalue weighted by Crippen LogP contribution is 2.28. The number of carbonyl (C=O) groups is 2. The van der Waals surface area contributed by atoms with Gasteiger partial charge in [0.15, 0.2) is 0 Å². The van der Waals surface area contributed by atoms with Crippen LogP contribution in [0.15, 0.2) is 95.0 Å². The third-order valence-corrected chi connectivity index (χ3v) is 5.65. The van der Waals surface area contributed by atoms with Gasteiger partial charge in [0.1, 0.15) is 17.4 Å². The predicted molar refractivity (Wildman–Crippen MR) is 136 cm³/mol. The predicted octanol–water partition coefficient (Wildman–Crippen LogP) is 6.68. The Morgan fingerprint density at radius 2 is 1.71 bits per heavy atom. The third kappa shape index (κ3) is 5.22. The Labute approximate surface area is 205 Å². The number of amides is 1. The molecular formula is C28H19BrN2O3. The van der Waals surface area contributed by atoms with E-state index in [9.17, 15) is 14.9 Å². The number of nitriles is 1. The highest BCUT2D eigenvalue weighted by atomic mass is 79.9. The molecule has 0 heterocycles. The Balaban J connectivity index is 1.64. The van der Waals surface area contributed by atoms with Gasteiger partial charge >= 0.3 is 5.97 Å². The van der Waals surface area contributed by atoms with Crippen LogP contribution in [0, 0.1) is 18.3 Å². The first kappa shape index (κ1) is 23.0. The van der Waals surface area contributed by atoms with E-state index in [2.05, 4.69) is 21.2 Å². The number of carbonyl (C=O) groups excluding carboxylic acids is 2. The number of hydrogen-bond acceptors (Lipinski definition) is 4. The van der Waals surface area contributed by atoms with E-state index < -0.39 is 11.9 Å². The number of hydrogen-bond donors (Lipinski definition) is 1. The van der Waals surface area contributed by atoms with Gasteiger partial charge in [-0.3, -0.25) is 4.79 Å². The molecule has 4 aromatic carbocycles. The second-order valence-electron chi connectivity index (χ2n) is 7.59. The average molecular weight is 511 g/mol. The van der Waals surface area contributed by atoms with Gasteiger partial charge in [-0.15, -0.1) is 0 Å². The van der Waals surface area contributed by atoms with Gasteiger partial charge in [-0.05, 0) is 60.2 Å². The molecule has 4 aromatic rings. The van der Waals surface area contributed by atoms with Crippen molar-refractivity contribution in [1.29, 1.82) is 5.26 Å². The van der Waals surface area contributed by atoms with Crippen molar-refractivity contribution in [2.75, 3.05) is 5.32 Å². The molecule has 0 aliphatic carbocycles. The minimum atomic E-state index is -0.558. The zero-order chi connectivity index (χ0) is 24.1. The van der Waals surface area contributed by atoms with Crippen molar-refractivity contribution in [2.24, 2.45) is 0 Å². The zero-order valence-electron chi connectivity index (χ0n) is 18.2. The molecule has 0 saturated carbocycles. The smallest absolute Gasteiger partial charge is 0.344 e. The lowest BCUT2D eigenvalue weighted by Crippen LogP contribution is -2.14. The van der Waals surface area contributed by atoms with Crippen LogP contribution in [0.1, 0.15) is 21.5 Å². The highest BCUT2D eigenvalue weighted by molar-refractivity contribution is 9.10. The molecule has 0 aromatic heterocycles. The fourth-order valence-electron chi connectivity index (χ4n) is 3.42. The van der Waals surface area contributed by atoms with Gasteiger partial charge in [0.05, 0.1) is 5.56 Å². The van der Waals surface area contributed by atoms with E-state index in [-0.39, 0.29) is 11.3 Å². The summed E-state index contributed by atoms with van der Waals surface area (Å²) in [7, 11) is 0. The number of esters is 1. The number of halogens is 1. The lowest BCUT2D eigenvalue weighted by molar-refractivity contribution is -0.112. The number of nitrogens with zero attached hydrogens (tertiary/aromatic N) is 1. The molecule has 4 rings (SSSR count). The van der Waals surface area contributed by atoms with Gasteiger partial charge in [-0.25, -0.2) is 4.79 Å². The summed E-state index contributed by atoms with van der Waals surface area (Å²) in [6.45, 7) is 1.94. The molecule has 0 atom stereocenters. The number of aryl methyl sites for hydroxylation is 1. The third-order valence-electron chi connectivity index (χ3n) is 5.16. The van der Waals surface area contributed by atoms with Crippen LogP contribution in [0.2, 0.25) is 0 Å². The standard InChI is InChI=1S/C28H19BrN2O3/c1-18-9-12-23(13-10-18)31-27(32)21(17-30)15-20-16-22(29)11-14-26(20)34-28(33)25-8-4-6-19-5-2-3-7-24(19)25/h2-16H,1H3,(H,31,32)/b21-15+. The van der Waals surface area contributed by atoms with E-state index in [1.54, 1.807) is 42.5 Å². The first-order chi connectivity index (χ1) is 16.4. The summed E-state index contributed by atoms with van der Waals surface area (Å²) < 4.78 is 6.41. The number of nitrogens with one attached hydrogen (secondary N) is 1. The first-order valence-electron chi connectivity index (χ1n) is 10.4. The second-order valence-corrected chi connectivity index (χ2v) is 8.50. The lowest BCUT2D eigenvalue weighted by Gasteiger charge is -2.11. The minimum Gasteiger partial charge on any atom is -0.422 e. The monoisotopic (exact) mass is 510 g/mol. The van der Waals surface area contributed by atoms with Crippen molar-refractivity contribution >= 4 is 50.3 Å². The van der Waals surface area contributed by atoms with Crippen molar-refractivity contribution in [1.82, 2.24) is 0 Å². The maximum Gasteiger partial charge on any atom is 0.344 e. The molecule has 0 aliphatic rings. The van der Waals surface area contributed by atoms with Crippen molar-refractivity contribution in [3.63, 3.8) is 0 Å². The molecule has 0 saturated heterocycles. The van der Waals surface area contributed by atoms with Crippen molar-refractivity contribution < 1.29 is 14.3 Å². The molecule has 0 unspecified atom stereocenters. The van der Waals surface area contributed by atoms with Crippen LogP contribution in [0.3, 0.4) is 0 Å². The van der Waals surface area contributed by atoms with E-state index in [0.29, 0.717) is 21.3 Å². The molecule has 5 nitrogen and oxygen atoms in total. The Morgan fingerprint density at radius 3 is 2.47 bits per heavy atom. The van der Waals surface area contributed by atoms with Crippen LogP contribution in [0.4, 0.5) is 5.69 Å². The Hall–Kier alpha value is -4.21. The fourth-order valence-corrected chi connectivity index (χ4v) is 3.80. The summed E-state index contributed by atoms with van der Waals surface area (Å²) in [6, 6.07) is 27.2. The lowest BCUT2D eigenvalue weighted by atomic mass is 10.0. The largest absolute Gasteiger partial charge is 0.422 e. The van der Waals surface area contributed by atoms with Gasteiger partial charge in [0.25, 0.3) is 5.91 Å². The Kier molecular flexibility index (Phi) is 6.86. The van der Waals surface area contributed by atoms with Crippen LogP contribution in [0.25, 0.3) is 16.8 Å². The molecule has 1 amide bonds. The minimum absolute atomic E-state index is 0.124. The molecule has 6 heteroatoms. The number of ether oxygens (including phenoxy) is 1. The van der Waals surface area contributed by atoms with E-state index in [0.717, 1.165) is 16.3 Å². The summed E-state index contributed by atoms with van der Waals surface area (Å²) in [5.41, 5.74) is 2.35. The summed E-state index contributed by atoms with van der Waals surface area (Å²) in [5, 5.41) is 14.0. The van der Waals surface area contributed by atoms with Crippen molar-refractivity contribution in [3.8, 4) is 11.8 Å². The maximum absolute atomic E-state index is 13.0. The van der Waals surface area contributed by atoms with Gasteiger partial charge in [0, 0.05) is 15.7 Å². The van der Waals surface area contributed by atoms with Crippen LogP contribution in [-0.4, -0.2) is 11.9 Å². The number of fused-ring (bicyclic) bond motifs is 1. The normalized spacial score (nSPS) is 11.0. The van der Waals surface area contributed by atoms with E-state index in [4.69, 9.17) is 4.74 Å². The average Bonchev–Trinajstić information content (AvgIpc) is 2.85. The Bertz CT molecular complexity index is 1460. The molecule has 0 aliphatic heterocycles. The summed E-state index contributed by atoms with van der Waals surface area (Å²) in [4.78, 5) is 25.7. The molecule has 1 N–H and O–H groups in total. The highest BCUT2D eigenvalue weighted by Gasteiger charge is 2.16. The molecule has 0 bridgehead atoms. The van der Waals surface area contributed by atoms with Gasteiger partial charge in [-0.2, -0.15) is 5.26 Å². The topological polar surface area (TPSA) is 79.2 Å². The van der Waals surface area contributed by atoms with Crippen LogP contribution in [-0.2, 0) is 4.79 Å². The van der Waals surface area contributed by atoms with Crippen LogP contribution < -0.4 is 10.1 Å². The van der Waals surface area contributed by atoms with E-state index >= 15 is 0 Å². The zero-order valence-corrected chi connectivity index (χ0v) is 19.8. The Morgan fingerprint density at radius 1 is 0.971 bits per heavy atom. The van der Waals surface area contributed by atoms with Gasteiger partial charge in [0.2, 0.25) is 0 Å². The SMILES string of the molecule is Cc1ccc(NC(=O)/C(C#N)=C/c2cc(Br)ccc2OC(=O)c2cccc3ccccc23)cc1. The molecule has 166 valence electrons. The van der Waals surface area contributed by atoms with E-state index in [1.165, 1.54) is 6.08 Å². The second kappa shape index (κ2) is 10.2. The van der Waals surface area contributed by atoms with Gasteiger partial charge in [-0.1, -0.05) is 70.0 Å². The summed E-state index contributed by atoms with van der Waals surface area (Å²) in [6.07, 6.45) is 1.40. The van der Waals surface area contributed by atoms with Crippen LogP contribution >= 0.6 is 15.9 Å². The molecule has 34 heavy (non-hydrogen) atoms. The van der Waals surface area contributed by atoms with Crippen molar-refractivity contribution in [3.05, 3.63) is 112 Å². The first-order valence-corrected chi connectivity index (χ1v) is 11.2. The number of anilines is 1. The fraction of sp³-hybridized carbons (Fsp3) is 0.0357. The quantitative estimate of drug-likeness (QED) is 0.140. The van der Waals surface area contributed by atoms with Gasteiger partial charge < -0.3 is 10.1 Å². The molecule has 0 radical (unpaired) electrons. The molecular weight excluding hydrogens is 492 g/mol. The van der Waals surface area contributed by atoms with Crippen LogP contribution in [0.5, 0.6) is 5.75 Å². The van der Waals surface area contributed by atoms with E-state index in [1.807, 2.05) is 55.5 Å².